The molecule has 0 radical (unpaired) electrons. The highest BCUT2D eigenvalue weighted by molar-refractivity contribution is 9.10. The average molecular weight is 267 g/mol. The fourth-order valence-corrected chi connectivity index (χ4v) is 1.51. The molecule has 0 atom stereocenters. The van der Waals surface area contributed by atoms with Gasteiger partial charge in [0.15, 0.2) is 0 Å². The fourth-order valence-electron chi connectivity index (χ4n) is 0.865. The highest BCUT2D eigenvalue weighted by Crippen LogP contribution is 2.29. The van der Waals surface area contributed by atoms with E-state index in [1.807, 2.05) is 0 Å². The second-order valence-corrected chi connectivity index (χ2v) is 3.58. The summed E-state index contributed by atoms with van der Waals surface area (Å²) in [6.07, 6.45) is -0.180. The Labute approximate surface area is 87.5 Å². The first-order valence-electron chi connectivity index (χ1n) is 3.36. The zero-order valence-electron chi connectivity index (χ0n) is 6.35. The summed E-state index contributed by atoms with van der Waals surface area (Å²) in [5, 5.41) is 8.41. The molecule has 2 nitrogen and oxygen atoms in total. The second kappa shape index (κ2) is 4.07. The molecule has 0 amide bonds. The lowest BCUT2D eigenvalue weighted by atomic mass is 10.1. The molecule has 5 heteroatoms. The van der Waals surface area contributed by atoms with Crippen LogP contribution < -0.4 is 0 Å². The minimum atomic E-state index is -0.983. The molecule has 0 bridgehead atoms. The monoisotopic (exact) mass is 266 g/mol. The Morgan fingerprint density at radius 1 is 1.62 bits per heavy atom. The first-order valence-corrected chi connectivity index (χ1v) is 4.53. The topological polar surface area (TPSA) is 37.3 Å². The summed E-state index contributed by atoms with van der Waals surface area (Å²) < 4.78 is 13.1. The molecule has 0 unspecified atom stereocenters. The van der Waals surface area contributed by atoms with Gasteiger partial charge in [-0.1, -0.05) is 17.7 Å². The maximum atomic E-state index is 12.8. The molecule has 1 rings (SSSR count). The molecule has 0 aromatic heterocycles. The van der Waals surface area contributed by atoms with Crippen molar-refractivity contribution in [2.75, 3.05) is 0 Å². The summed E-state index contributed by atoms with van der Waals surface area (Å²) in [5.41, 5.74) is 0.457. The van der Waals surface area contributed by atoms with Crippen molar-refractivity contribution in [1.82, 2.24) is 0 Å². The van der Waals surface area contributed by atoms with Gasteiger partial charge in [-0.3, -0.25) is 4.79 Å². The van der Waals surface area contributed by atoms with Crippen LogP contribution in [0.4, 0.5) is 4.39 Å². The molecule has 1 aromatic rings. The third kappa shape index (κ3) is 2.42. The first-order chi connectivity index (χ1) is 6.02. The minimum Gasteiger partial charge on any atom is -0.481 e. The molecule has 0 aliphatic carbocycles. The fraction of sp³-hybridized carbons (Fsp3) is 0.125. The normalized spacial score (nSPS) is 10.1. The zero-order chi connectivity index (χ0) is 10.0. The van der Waals surface area contributed by atoms with E-state index < -0.39 is 11.8 Å². The van der Waals surface area contributed by atoms with Crippen molar-refractivity contribution in [1.29, 1.82) is 0 Å². The summed E-state index contributed by atoms with van der Waals surface area (Å²) in [7, 11) is 0. The zero-order valence-corrected chi connectivity index (χ0v) is 8.69. The largest absolute Gasteiger partial charge is 0.481 e. The van der Waals surface area contributed by atoms with E-state index in [0.717, 1.165) is 6.07 Å². The van der Waals surface area contributed by atoms with E-state index in [9.17, 15) is 9.18 Å². The van der Waals surface area contributed by atoms with E-state index in [0.29, 0.717) is 10.0 Å². The molecule has 13 heavy (non-hydrogen) atoms. The average Bonchev–Trinajstić information content (AvgIpc) is 2.06. The quantitative estimate of drug-likeness (QED) is 0.837. The number of benzene rings is 1. The van der Waals surface area contributed by atoms with Gasteiger partial charge in [-0.2, -0.15) is 0 Å². The Hall–Kier alpha value is -0.610. The van der Waals surface area contributed by atoms with Crippen molar-refractivity contribution < 1.29 is 14.3 Å². The number of aliphatic carboxylic acids is 1. The van der Waals surface area contributed by atoms with Crippen LogP contribution in [0.15, 0.2) is 16.6 Å². The molecule has 0 spiro atoms. The molecule has 1 aromatic carbocycles. The van der Waals surface area contributed by atoms with Crippen LogP contribution in [0.5, 0.6) is 0 Å². The smallest absolute Gasteiger partial charge is 0.307 e. The maximum Gasteiger partial charge on any atom is 0.307 e. The van der Waals surface area contributed by atoms with E-state index in [2.05, 4.69) is 15.9 Å². The Morgan fingerprint density at radius 2 is 2.23 bits per heavy atom. The predicted octanol–water partition coefficient (Wildman–Crippen LogP) is 2.87. The van der Waals surface area contributed by atoms with E-state index in [4.69, 9.17) is 16.7 Å². The molecule has 0 fully saturated rings. The van der Waals surface area contributed by atoms with Gasteiger partial charge < -0.3 is 5.11 Å². The molecule has 0 aliphatic rings. The Kier molecular flexibility index (Phi) is 3.27. The van der Waals surface area contributed by atoms with E-state index >= 15 is 0 Å². The Morgan fingerprint density at radius 3 is 2.77 bits per heavy atom. The van der Waals surface area contributed by atoms with Crippen molar-refractivity contribution in [2.24, 2.45) is 0 Å². The highest BCUT2D eigenvalue weighted by Gasteiger charge is 2.11. The van der Waals surface area contributed by atoms with E-state index in [1.165, 1.54) is 6.07 Å². The second-order valence-electron chi connectivity index (χ2n) is 2.40. The first kappa shape index (κ1) is 10.5. The van der Waals surface area contributed by atoms with Gasteiger partial charge in [0.2, 0.25) is 0 Å². The standard InChI is InChI=1S/C8H5BrClFO2/c9-7-4(3-6(12)13)1-2-5(11)8(7)10/h1-2H,3H2,(H,12,13). The van der Waals surface area contributed by atoms with Crippen LogP contribution in [-0.2, 0) is 11.2 Å². The number of rotatable bonds is 2. The number of hydrogen-bond acceptors (Lipinski definition) is 1. The molecule has 0 saturated carbocycles. The highest BCUT2D eigenvalue weighted by atomic mass is 79.9. The van der Waals surface area contributed by atoms with E-state index in [-0.39, 0.29) is 11.4 Å². The van der Waals surface area contributed by atoms with Crippen molar-refractivity contribution in [3.05, 3.63) is 33.0 Å². The molecular weight excluding hydrogens is 262 g/mol. The van der Waals surface area contributed by atoms with Gasteiger partial charge in [-0.05, 0) is 27.6 Å². The Balaban J connectivity index is 3.10. The van der Waals surface area contributed by atoms with Gasteiger partial charge in [0.25, 0.3) is 0 Å². The van der Waals surface area contributed by atoms with Crippen LogP contribution in [0, 0.1) is 5.82 Å². The number of hydrogen-bond donors (Lipinski definition) is 1. The van der Waals surface area contributed by atoms with Crippen LogP contribution >= 0.6 is 27.5 Å². The van der Waals surface area contributed by atoms with Gasteiger partial charge in [0.1, 0.15) is 5.82 Å². The summed E-state index contributed by atoms with van der Waals surface area (Å²) in [6.45, 7) is 0. The molecule has 0 aliphatic heterocycles. The number of carbonyl (C=O) groups is 1. The van der Waals surface area contributed by atoms with Gasteiger partial charge in [0.05, 0.1) is 11.4 Å². The van der Waals surface area contributed by atoms with E-state index in [1.54, 1.807) is 0 Å². The maximum absolute atomic E-state index is 12.8. The van der Waals surface area contributed by atoms with Crippen molar-refractivity contribution in [2.45, 2.75) is 6.42 Å². The summed E-state index contributed by atoms with van der Waals surface area (Å²) in [4.78, 5) is 10.4. The molecule has 70 valence electrons. The molecular formula is C8H5BrClFO2. The number of carboxylic acids is 1. The summed E-state index contributed by atoms with van der Waals surface area (Å²) in [6, 6.07) is 2.53. The number of carboxylic acid groups (broad SMARTS) is 1. The van der Waals surface area contributed by atoms with Gasteiger partial charge in [-0.25, -0.2) is 4.39 Å². The van der Waals surface area contributed by atoms with Crippen LogP contribution in [0.2, 0.25) is 5.02 Å². The van der Waals surface area contributed by atoms with Crippen LogP contribution in [0.3, 0.4) is 0 Å². The van der Waals surface area contributed by atoms with Crippen molar-refractivity contribution in [3.8, 4) is 0 Å². The SMILES string of the molecule is O=C(O)Cc1ccc(F)c(Cl)c1Br. The summed E-state index contributed by atoms with van der Waals surface area (Å²) >= 11 is 8.58. The Bertz CT molecular complexity index is 354. The van der Waals surface area contributed by atoms with Crippen molar-refractivity contribution >= 4 is 33.5 Å². The summed E-state index contributed by atoms with van der Waals surface area (Å²) in [5.74, 6) is -1.55. The predicted molar refractivity (Wildman–Crippen MR) is 50.4 cm³/mol. The lowest BCUT2D eigenvalue weighted by Crippen LogP contribution is -2.01. The third-order valence-electron chi connectivity index (χ3n) is 1.46. The van der Waals surface area contributed by atoms with Gasteiger partial charge in [-0.15, -0.1) is 0 Å². The molecule has 1 N–H and O–H groups in total. The van der Waals surface area contributed by atoms with Crippen molar-refractivity contribution in [3.63, 3.8) is 0 Å². The lowest BCUT2D eigenvalue weighted by Gasteiger charge is -2.03. The van der Waals surface area contributed by atoms with Crippen LogP contribution in [-0.4, -0.2) is 11.1 Å². The molecule has 0 heterocycles. The minimum absolute atomic E-state index is 0.0845. The molecule has 0 saturated heterocycles. The van der Waals surface area contributed by atoms with Gasteiger partial charge >= 0.3 is 5.97 Å². The van der Waals surface area contributed by atoms with Crippen LogP contribution in [0.25, 0.3) is 0 Å². The number of halogens is 3. The lowest BCUT2D eigenvalue weighted by molar-refractivity contribution is -0.136. The third-order valence-corrected chi connectivity index (χ3v) is 2.96. The van der Waals surface area contributed by atoms with Gasteiger partial charge in [0, 0.05) is 4.47 Å². The van der Waals surface area contributed by atoms with Crippen LogP contribution in [0.1, 0.15) is 5.56 Å².